The van der Waals surface area contributed by atoms with E-state index in [0.717, 1.165) is 38.3 Å². The van der Waals surface area contributed by atoms with Gasteiger partial charge in [-0.15, -0.1) is 0 Å². The van der Waals surface area contributed by atoms with Crippen LogP contribution < -0.4 is 5.56 Å². The SMILES string of the molecule is CCCCc1nc2ccc(Br)cc2c(=O)n1N=Cc1c[nH]c2ccc(Br)cc12. The van der Waals surface area contributed by atoms with Crippen molar-refractivity contribution in [3.05, 3.63) is 73.3 Å². The third-order valence-corrected chi connectivity index (χ3v) is 5.60. The molecule has 0 spiro atoms. The van der Waals surface area contributed by atoms with Crippen molar-refractivity contribution in [2.24, 2.45) is 5.10 Å². The Bertz CT molecular complexity index is 1260. The fourth-order valence-electron chi connectivity index (χ4n) is 3.15. The van der Waals surface area contributed by atoms with E-state index in [2.05, 4.69) is 48.9 Å². The summed E-state index contributed by atoms with van der Waals surface area (Å²) in [4.78, 5) is 21.0. The second-order valence-electron chi connectivity index (χ2n) is 6.59. The van der Waals surface area contributed by atoms with Gasteiger partial charge in [0.25, 0.3) is 5.56 Å². The molecule has 0 saturated heterocycles. The third kappa shape index (κ3) is 3.69. The molecule has 0 aliphatic heterocycles. The van der Waals surface area contributed by atoms with Gasteiger partial charge in [-0.2, -0.15) is 9.78 Å². The van der Waals surface area contributed by atoms with Crippen LogP contribution in [-0.2, 0) is 6.42 Å². The van der Waals surface area contributed by atoms with Gasteiger partial charge in [0, 0.05) is 38.0 Å². The van der Waals surface area contributed by atoms with Gasteiger partial charge in [0.05, 0.1) is 17.1 Å². The lowest BCUT2D eigenvalue weighted by atomic mass is 10.2. The molecule has 2 heterocycles. The Morgan fingerprint density at radius 2 is 1.89 bits per heavy atom. The highest BCUT2D eigenvalue weighted by Gasteiger charge is 2.11. The molecule has 2 aromatic heterocycles. The molecule has 28 heavy (non-hydrogen) atoms. The molecule has 0 atom stereocenters. The fraction of sp³-hybridized carbons (Fsp3) is 0.190. The van der Waals surface area contributed by atoms with Crippen LogP contribution >= 0.6 is 31.9 Å². The van der Waals surface area contributed by atoms with Gasteiger partial charge in [-0.1, -0.05) is 45.2 Å². The Balaban J connectivity index is 1.85. The first kappa shape index (κ1) is 19.1. The molecule has 4 aromatic rings. The van der Waals surface area contributed by atoms with Crippen LogP contribution in [0.3, 0.4) is 0 Å². The van der Waals surface area contributed by atoms with Gasteiger partial charge in [-0.05, 0) is 42.8 Å². The van der Waals surface area contributed by atoms with Gasteiger partial charge in [0.1, 0.15) is 5.82 Å². The fourth-order valence-corrected chi connectivity index (χ4v) is 3.87. The molecular weight excluding hydrogens is 484 g/mol. The minimum Gasteiger partial charge on any atom is -0.361 e. The molecule has 1 N–H and O–H groups in total. The Morgan fingerprint density at radius 1 is 1.14 bits per heavy atom. The van der Waals surface area contributed by atoms with E-state index < -0.39 is 0 Å². The summed E-state index contributed by atoms with van der Waals surface area (Å²) in [6, 6.07) is 11.6. The van der Waals surface area contributed by atoms with Crippen molar-refractivity contribution >= 4 is 59.9 Å². The van der Waals surface area contributed by atoms with Crippen molar-refractivity contribution in [1.82, 2.24) is 14.6 Å². The first-order chi connectivity index (χ1) is 13.6. The second-order valence-corrected chi connectivity index (χ2v) is 8.42. The molecule has 0 aliphatic carbocycles. The van der Waals surface area contributed by atoms with Crippen LogP contribution in [0.5, 0.6) is 0 Å². The zero-order chi connectivity index (χ0) is 19.7. The van der Waals surface area contributed by atoms with E-state index in [0.29, 0.717) is 23.1 Å². The standard InChI is InChI=1S/C21H18Br2N4O/c1-2-3-4-20-26-19-8-6-15(23)10-17(19)21(28)27(20)25-12-13-11-24-18-7-5-14(22)9-16(13)18/h5-12,24H,2-4H2,1H3. The van der Waals surface area contributed by atoms with Crippen LogP contribution in [0.25, 0.3) is 21.8 Å². The van der Waals surface area contributed by atoms with Gasteiger partial charge in [-0.3, -0.25) is 4.79 Å². The molecule has 0 unspecified atom stereocenters. The number of hydrogen-bond donors (Lipinski definition) is 1. The first-order valence-electron chi connectivity index (χ1n) is 9.09. The van der Waals surface area contributed by atoms with E-state index in [4.69, 9.17) is 4.98 Å². The Kier molecular flexibility index (Phi) is 5.46. The average molecular weight is 502 g/mol. The quantitative estimate of drug-likeness (QED) is 0.360. The molecule has 0 amide bonds. The Hall–Kier alpha value is -2.25. The van der Waals surface area contributed by atoms with Crippen LogP contribution in [0, 0.1) is 0 Å². The van der Waals surface area contributed by atoms with Crippen molar-refractivity contribution in [3.63, 3.8) is 0 Å². The summed E-state index contributed by atoms with van der Waals surface area (Å²) < 4.78 is 3.27. The topological polar surface area (TPSA) is 63.0 Å². The van der Waals surface area contributed by atoms with E-state index >= 15 is 0 Å². The van der Waals surface area contributed by atoms with E-state index in [1.54, 1.807) is 12.3 Å². The van der Waals surface area contributed by atoms with Gasteiger partial charge in [0.2, 0.25) is 0 Å². The number of benzene rings is 2. The summed E-state index contributed by atoms with van der Waals surface area (Å²) in [6.07, 6.45) is 6.28. The molecular formula is C21H18Br2N4O. The molecule has 0 saturated carbocycles. The lowest BCUT2D eigenvalue weighted by Gasteiger charge is -2.09. The predicted molar refractivity (Wildman–Crippen MR) is 121 cm³/mol. The number of aryl methyl sites for hydroxylation is 1. The van der Waals surface area contributed by atoms with Gasteiger partial charge in [0.15, 0.2) is 0 Å². The van der Waals surface area contributed by atoms with Crippen LogP contribution in [-0.4, -0.2) is 20.9 Å². The number of aromatic nitrogens is 3. The summed E-state index contributed by atoms with van der Waals surface area (Å²) in [5.74, 6) is 0.680. The number of H-pyrrole nitrogens is 1. The molecule has 5 nitrogen and oxygen atoms in total. The largest absolute Gasteiger partial charge is 0.361 e. The summed E-state index contributed by atoms with van der Waals surface area (Å²) in [6.45, 7) is 2.12. The summed E-state index contributed by atoms with van der Waals surface area (Å²) in [7, 11) is 0. The third-order valence-electron chi connectivity index (χ3n) is 4.62. The minimum atomic E-state index is -0.158. The Labute approximate surface area is 178 Å². The molecule has 0 aliphatic rings. The number of fused-ring (bicyclic) bond motifs is 2. The number of nitrogens with zero attached hydrogens (tertiary/aromatic N) is 3. The highest BCUT2D eigenvalue weighted by molar-refractivity contribution is 9.10. The van der Waals surface area contributed by atoms with Crippen molar-refractivity contribution in [2.75, 3.05) is 0 Å². The van der Waals surface area contributed by atoms with Crippen LogP contribution in [0.1, 0.15) is 31.2 Å². The maximum atomic E-state index is 13.1. The number of hydrogen-bond acceptors (Lipinski definition) is 3. The summed E-state index contributed by atoms with van der Waals surface area (Å²) in [5.41, 5.74) is 2.47. The second kappa shape index (κ2) is 8.01. The summed E-state index contributed by atoms with van der Waals surface area (Å²) in [5, 5.41) is 6.12. The lowest BCUT2D eigenvalue weighted by Crippen LogP contribution is -2.22. The van der Waals surface area contributed by atoms with E-state index in [9.17, 15) is 4.79 Å². The smallest absolute Gasteiger partial charge is 0.282 e. The zero-order valence-corrected chi connectivity index (χ0v) is 18.4. The molecule has 0 fully saturated rings. The molecule has 4 rings (SSSR count). The van der Waals surface area contributed by atoms with Crippen molar-refractivity contribution in [3.8, 4) is 0 Å². The number of rotatable bonds is 5. The van der Waals surface area contributed by atoms with E-state index in [-0.39, 0.29) is 5.56 Å². The summed E-state index contributed by atoms with van der Waals surface area (Å²) >= 11 is 6.94. The minimum absolute atomic E-state index is 0.158. The van der Waals surface area contributed by atoms with Crippen molar-refractivity contribution in [2.45, 2.75) is 26.2 Å². The van der Waals surface area contributed by atoms with E-state index in [1.165, 1.54) is 4.68 Å². The van der Waals surface area contributed by atoms with Crippen molar-refractivity contribution in [1.29, 1.82) is 0 Å². The van der Waals surface area contributed by atoms with Crippen LogP contribution in [0.15, 0.2) is 61.4 Å². The Morgan fingerprint density at radius 3 is 2.68 bits per heavy atom. The van der Waals surface area contributed by atoms with E-state index in [1.807, 2.05) is 36.5 Å². The van der Waals surface area contributed by atoms with Gasteiger partial charge < -0.3 is 4.98 Å². The highest BCUT2D eigenvalue weighted by Crippen LogP contribution is 2.22. The number of halogens is 2. The molecule has 142 valence electrons. The maximum absolute atomic E-state index is 13.1. The van der Waals surface area contributed by atoms with Crippen LogP contribution in [0.4, 0.5) is 0 Å². The molecule has 2 aromatic carbocycles. The highest BCUT2D eigenvalue weighted by atomic mass is 79.9. The van der Waals surface area contributed by atoms with Gasteiger partial charge >= 0.3 is 0 Å². The van der Waals surface area contributed by atoms with Crippen molar-refractivity contribution < 1.29 is 0 Å². The maximum Gasteiger partial charge on any atom is 0.282 e. The zero-order valence-electron chi connectivity index (χ0n) is 15.2. The normalized spacial score (nSPS) is 11.8. The average Bonchev–Trinajstić information content (AvgIpc) is 3.08. The number of nitrogens with one attached hydrogen (secondary N) is 1. The lowest BCUT2D eigenvalue weighted by molar-refractivity contribution is 0.675. The van der Waals surface area contributed by atoms with Gasteiger partial charge in [-0.25, -0.2) is 4.98 Å². The van der Waals surface area contributed by atoms with Crippen LogP contribution in [0.2, 0.25) is 0 Å². The molecule has 7 heteroatoms. The predicted octanol–water partition coefficient (Wildman–Crippen LogP) is 5.63. The number of unbranched alkanes of at least 4 members (excludes halogenated alkanes) is 1. The monoisotopic (exact) mass is 500 g/mol. The molecule has 0 bridgehead atoms. The first-order valence-corrected chi connectivity index (χ1v) is 10.7. The molecule has 0 radical (unpaired) electrons. The number of aromatic amines is 1.